The van der Waals surface area contributed by atoms with E-state index in [-0.39, 0.29) is 18.7 Å². The third kappa shape index (κ3) is 4.04. The van der Waals surface area contributed by atoms with Gasteiger partial charge >= 0.3 is 5.97 Å². The highest BCUT2D eigenvalue weighted by atomic mass is 32.1. The number of aromatic nitrogens is 3. The first-order chi connectivity index (χ1) is 14.0. The second-order valence-electron chi connectivity index (χ2n) is 6.32. The van der Waals surface area contributed by atoms with Crippen LogP contribution in [0.15, 0.2) is 52.0 Å². The molecule has 0 spiro atoms. The molecular formula is C20H17N3O5S. The van der Waals surface area contributed by atoms with Gasteiger partial charge in [-0.25, -0.2) is 4.98 Å². The van der Waals surface area contributed by atoms with E-state index < -0.39 is 5.97 Å². The van der Waals surface area contributed by atoms with Crippen LogP contribution < -0.4 is 10.3 Å². The maximum atomic E-state index is 12.8. The molecule has 9 heteroatoms. The van der Waals surface area contributed by atoms with Crippen molar-refractivity contribution >= 4 is 27.5 Å². The first kappa shape index (κ1) is 18.9. The molecular weight excluding hydrogens is 394 g/mol. The highest BCUT2D eigenvalue weighted by Gasteiger charge is 2.14. The van der Waals surface area contributed by atoms with E-state index in [1.807, 2.05) is 30.3 Å². The van der Waals surface area contributed by atoms with Crippen molar-refractivity contribution in [1.82, 2.24) is 14.7 Å². The molecule has 0 amide bonds. The molecule has 0 bridgehead atoms. The summed E-state index contributed by atoms with van der Waals surface area (Å²) in [6, 6.07) is 11.1. The molecule has 0 N–H and O–H groups in total. The monoisotopic (exact) mass is 411 g/mol. The van der Waals surface area contributed by atoms with Crippen molar-refractivity contribution in [2.45, 2.75) is 20.1 Å². The molecule has 4 aromatic rings. The number of hydrogen-bond acceptors (Lipinski definition) is 8. The summed E-state index contributed by atoms with van der Waals surface area (Å²) in [7, 11) is 1.61. The Morgan fingerprint density at radius 3 is 2.72 bits per heavy atom. The predicted molar refractivity (Wildman–Crippen MR) is 107 cm³/mol. The normalized spacial score (nSPS) is 11.0. The Bertz CT molecular complexity index is 1220. The summed E-state index contributed by atoms with van der Waals surface area (Å²) in [6.45, 7) is 1.51. The van der Waals surface area contributed by atoms with Crippen molar-refractivity contribution in [3.8, 4) is 16.2 Å². The fraction of sp³-hybridized carbons (Fsp3) is 0.200. The number of thiophene rings is 1. The molecule has 0 fully saturated rings. The summed E-state index contributed by atoms with van der Waals surface area (Å²) in [6.07, 6.45) is 1.36. The summed E-state index contributed by atoms with van der Waals surface area (Å²) in [5.41, 5.74) is 1.78. The highest BCUT2D eigenvalue weighted by Crippen LogP contribution is 2.31. The van der Waals surface area contributed by atoms with E-state index in [1.54, 1.807) is 20.1 Å². The minimum absolute atomic E-state index is 0.0127. The van der Waals surface area contributed by atoms with Crippen molar-refractivity contribution in [3.05, 3.63) is 64.5 Å². The average molecular weight is 411 g/mol. The number of esters is 1. The van der Waals surface area contributed by atoms with Crippen molar-refractivity contribution in [3.63, 3.8) is 0 Å². The Balaban J connectivity index is 1.52. The third-order valence-electron chi connectivity index (χ3n) is 4.24. The molecule has 8 nitrogen and oxygen atoms in total. The molecule has 0 aliphatic heterocycles. The topological polar surface area (TPSA) is 96.5 Å². The van der Waals surface area contributed by atoms with E-state index in [0.717, 1.165) is 16.2 Å². The number of nitrogens with zero attached hydrogens (tertiary/aromatic N) is 3. The Morgan fingerprint density at radius 2 is 2.03 bits per heavy atom. The van der Waals surface area contributed by atoms with Gasteiger partial charge in [0.25, 0.3) is 5.56 Å². The molecule has 0 atom stereocenters. The van der Waals surface area contributed by atoms with Crippen LogP contribution in [0.5, 0.6) is 5.75 Å². The van der Waals surface area contributed by atoms with Crippen LogP contribution >= 0.6 is 11.3 Å². The molecule has 1 aromatic carbocycles. The zero-order valence-corrected chi connectivity index (χ0v) is 16.6. The zero-order valence-electron chi connectivity index (χ0n) is 15.7. The number of benzene rings is 1. The summed E-state index contributed by atoms with van der Waals surface area (Å²) < 4.78 is 17.0. The van der Waals surface area contributed by atoms with Crippen LogP contribution in [0.25, 0.3) is 20.7 Å². The molecule has 0 radical (unpaired) electrons. The maximum absolute atomic E-state index is 12.8. The number of aryl methyl sites for hydroxylation is 1. The molecule has 0 saturated carbocycles. The van der Waals surface area contributed by atoms with Gasteiger partial charge < -0.3 is 14.0 Å². The van der Waals surface area contributed by atoms with Gasteiger partial charge in [0, 0.05) is 10.9 Å². The second kappa shape index (κ2) is 7.88. The van der Waals surface area contributed by atoms with E-state index in [0.29, 0.717) is 21.7 Å². The number of ether oxygens (including phenoxy) is 2. The molecule has 0 unspecified atom stereocenters. The van der Waals surface area contributed by atoms with Crippen LogP contribution in [-0.4, -0.2) is 27.8 Å². The van der Waals surface area contributed by atoms with Crippen LogP contribution in [0, 0.1) is 6.92 Å². The Labute approximate surface area is 169 Å². The summed E-state index contributed by atoms with van der Waals surface area (Å²) >= 11 is 1.33. The van der Waals surface area contributed by atoms with Gasteiger partial charge in [-0.15, -0.1) is 11.3 Å². The van der Waals surface area contributed by atoms with Gasteiger partial charge in [-0.2, -0.15) is 0 Å². The van der Waals surface area contributed by atoms with Gasteiger partial charge in [-0.05, 0) is 42.8 Å². The van der Waals surface area contributed by atoms with Crippen molar-refractivity contribution in [2.24, 2.45) is 0 Å². The van der Waals surface area contributed by atoms with Gasteiger partial charge in [0.05, 0.1) is 19.0 Å². The van der Waals surface area contributed by atoms with Crippen LogP contribution in [0.3, 0.4) is 0 Å². The van der Waals surface area contributed by atoms with Gasteiger partial charge in [0.1, 0.15) is 35.1 Å². The average Bonchev–Trinajstić information content (AvgIpc) is 3.35. The molecule has 0 aliphatic carbocycles. The number of carbonyl (C=O) groups excluding carboxylic acids is 1. The number of rotatable bonds is 6. The third-order valence-corrected chi connectivity index (χ3v) is 5.40. The molecule has 29 heavy (non-hydrogen) atoms. The minimum atomic E-state index is -0.555. The van der Waals surface area contributed by atoms with E-state index in [9.17, 15) is 9.59 Å². The van der Waals surface area contributed by atoms with Crippen molar-refractivity contribution in [2.75, 3.05) is 7.11 Å². The zero-order chi connectivity index (χ0) is 20.4. The molecule has 0 aliphatic rings. The lowest BCUT2D eigenvalue weighted by atomic mass is 10.2. The van der Waals surface area contributed by atoms with Gasteiger partial charge in [-0.3, -0.25) is 14.2 Å². The number of methoxy groups -OCH3 is 1. The van der Waals surface area contributed by atoms with E-state index >= 15 is 0 Å². The van der Waals surface area contributed by atoms with Crippen LogP contribution in [0.1, 0.15) is 11.5 Å². The van der Waals surface area contributed by atoms with E-state index in [1.165, 1.54) is 22.2 Å². The summed E-state index contributed by atoms with van der Waals surface area (Å²) in [4.78, 5) is 30.1. The molecule has 0 saturated heterocycles. The molecule has 148 valence electrons. The van der Waals surface area contributed by atoms with E-state index in [2.05, 4.69) is 10.1 Å². The van der Waals surface area contributed by atoms with Gasteiger partial charge in [-0.1, -0.05) is 5.16 Å². The number of carbonyl (C=O) groups is 1. The predicted octanol–water partition coefficient (Wildman–Crippen LogP) is 3.17. The first-order valence-corrected chi connectivity index (χ1v) is 9.56. The van der Waals surface area contributed by atoms with Gasteiger partial charge in [0.2, 0.25) is 0 Å². The lowest BCUT2D eigenvalue weighted by Gasteiger charge is -2.05. The molecule has 3 aromatic heterocycles. The fourth-order valence-corrected chi connectivity index (χ4v) is 3.85. The second-order valence-corrected chi connectivity index (χ2v) is 7.37. The number of hydrogen-bond donors (Lipinski definition) is 0. The van der Waals surface area contributed by atoms with Crippen LogP contribution in [0.4, 0.5) is 0 Å². The Kier molecular flexibility index (Phi) is 5.13. The maximum Gasteiger partial charge on any atom is 0.326 e. The minimum Gasteiger partial charge on any atom is -0.497 e. The highest BCUT2D eigenvalue weighted by molar-refractivity contribution is 7.22. The quantitative estimate of drug-likeness (QED) is 0.450. The Morgan fingerprint density at radius 1 is 1.24 bits per heavy atom. The van der Waals surface area contributed by atoms with E-state index in [4.69, 9.17) is 14.0 Å². The summed E-state index contributed by atoms with van der Waals surface area (Å²) in [5.74, 6) is 0.836. The lowest BCUT2D eigenvalue weighted by Crippen LogP contribution is -2.25. The van der Waals surface area contributed by atoms with Crippen molar-refractivity contribution in [1.29, 1.82) is 0 Å². The molecule has 3 heterocycles. The first-order valence-electron chi connectivity index (χ1n) is 8.74. The van der Waals surface area contributed by atoms with Gasteiger partial charge in [0.15, 0.2) is 0 Å². The fourth-order valence-electron chi connectivity index (χ4n) is 2.78. The standard InChI is InChI=1S/C20H17N3O5S/c1-12-7-14(22-28-12)10-27-18(24)9-23-11-21-16-8-17(29-19(16)20(23)25)13-3-5-15(26-2)6-4-13/h3-8,11H,9-10H2,1-2H3. The van der Waals surface area contributed by atoms with Crippen molar-refractivity contribution < 1.29 is 18.8 Å². The molecule has 4 rings (SSSR count). The summed E-state index contributed by atoms with van der Waals surface area (Å²) in [5, 5.41) is 3.76. The lowest BCUT2D eigenvalue weighted by molar-refractivity contribution is -0.145. The largest absolute Gasteiger partial charge is 0.497 e. The SMILES string of the molecule is COc1ccc(-c2cc3ncn(CC(=O)OCc4cc(C)on4)c(=O)c3s2)cc1. The smallest absolute Gasteiger partial charge is 0.326 e. The van der Waals surface area contributed by atoms with Crippen LogP contribution in [0.2, 0.25) is 0 Å². The number of fused-ring (bicyclic) bond motifs is 1. The Hall–Kier alpha value is -3.46. The van der Waals surface area contributed by atoms with Crippen LogP contribution in [-0.2, 0) is 22.7 Å².